The molecule has 1 N–H and O–H groups in total. The number of hydrogen-bond acceptors (Lipinski definition) is 1. The van der Waals surface area contributed by atoms with Gasteiger partial charge in [-0.15, -0.1) is 0 Å². The maximum Gasteiger partial charge on any atom is 0.222 e. The second kappa shape index (κ2) is 14.9. The van der Waals surface area contributed by atoms with Gasteiger partial charge in [0.15, 0.2) is 0 Å². The first-order valence-electron chi connectivity index (χ1n) is 8.96. The highest BCUT2D eigenvalue weighted by atomic mass is 16.1. The molecule has 2 heteroatoms. The second-order valence-corrected chi connectivity index (χ2v) is 6.33. The van der Waals surface area contributed by atoms with Gasteiger partial charge in [-0.05, 0) is 6.42 Å². The van der Waals surface area contributed by atoms with Crippen molar-refractivity contribution in [2.75, 3.05) is 6.54 Å². The summed E-state index contributed by atoms with van der Waals surface area (Å²) in [5.41, 5.74) is 0. The predicted octanol–water partition coefficient (Wildman–Crippen LogP) is 5.46. The Morgan fingerprint density at radius 2 is 1.15 bits per heavy atom. The first-order chi connectivity index (χ1) is 9.68. The largest absolute Gasteiger partial charge is 0.356 e. The Morgan fingerprint density at radius 3 is 1.55 bits per heavy atom. The average Bonchev–Trinajstić information content (AvgIpc) is 2.43. The molecule has 0 unspecified atom stereocenters. The van der Waals surface area contributed by atoms with Gasteiger partial charge in [-0.2, -0.15) is 0 Å². The number of carbonyl (C=O) groups is 1. The molecule has 0 aromatic heterocycles. The summed E-state index contributed by atoms with van der Waals surface area (Å²) >= 11 is 0. The molecule has 0 aromatic carbocycles. The Bertz CT molecular complexity index is 213. The average molecular weight is 284 g/mol. The van der Waals surface area contributed by atoms with E-state index in [0.717, 1.165) is 13.0 Å². The van der Waals surface area contributed by atoms with E-state index >= 15 is 0 Å². The Balaban J connectivity index is 3.04. The third kappa shape index (κ3) is 13.9. The number of rotatable bonds is 14. The van der Waals surface area contributed by atoms with Gasteiger partial charge in [0.2, 0.25) is 5.91 Å². The van der Waals surface area contributed by atoms with E-state index in [0.29, 0.717) is 0 Å². The van der Waals surface area contributed by atoms with Crippen LogP contribution in [0.1, 0.15) is 97.8 Å². The molecule has 20 heavy (non-hydrogen) atoms. The molecule has 1 amide bonds. The van der Waals surface area contributed by atoms with Gasteiger partial charge >= 0.3 is 0 Å². The molecule has 0 fully saturated rings. The van der Waals surface area contributed by atoms with Crippen LogP contribution in [0.25, 0.3) is 0 Å². The third-order valence-corrected chi connectivity index (χ3v) is 3.85. The normalized spacial score (nSPS) is 11.0. The zero-order chi connectivity index (χ0) is 15.1. The molecule has 0 aliphatic rings. The van der Waals surface area contributed by atoms with Crippen LogP contribution in [-0.4, -0.2) is 12.5 Å². The van der Waals surface area contributed by atoms with Crippen molar-refractivity contribution < 1.29 is 4.79 Å². The molecule has 0 saturated carbocycles. The summed E-state index contributed by atoms with van der Waals surface area (Å²) < 4.78 is 0. The van der Waals surface area contributed by atoms with Crippen LogP contribution in [0.5, 0.6) is 0 Å². The van der Waals surface area contributed by atoms with Crippen molar-refractivity contribution >= 4 is 5.91 Å². The van der Waals surface area contributed by atoms with E-state index < -0.39 is 0 Å². The smallest absolute Gasteiger partial charge is 0.222 e. The van der Waals surface area contributed by atoms with Crippen LogP contribution in [0.2, 0.25) is 0 Å². The Labute approximate surface area is 127 Å². The Hall–Kier alpha value is -0.530. The molecule has 0 radical (unpaired) electrons. The molecular weight excluding hydrogens is 246 g/mol. The van der Waals surface area contributed by atoms with Gasteiger partial charge in [-0.3, -0.25) is 4.79 Å². The third-order valence-electron chi connectivity index (χ3n) is 3.85. The maximum atomic E-state index is 11.3. The van der Waals surface area contributed by atoms with Gasteiger partial charge in [-0.25, -0.2) is 0 Å². The standard InChI is InChI=1S/C18H37NO/c1-4-5-6-7-8-9-10-11-12-13-14-15-16-19-18(20)17(2)3/h17H,4-16H2,1-3H3,(H,19,20). The van der Waals surface area contributed by atoms with E-state index in [4.69, 9.17) is 0 Å². The van der Waals surface area contributed by atoms with Crippen LogP contribution in [-0.2, 0) is 4.79 Å². The predicted molar refractivity (Wildman–Crippen MR) is 88.9 cm³/mol. The van der Waals surface area contributed by atoms with Crippen molar-refractivity contribution in [1.29, 1.82) is 0 Å². The lowest BCUT2D eigenvalue weighted by Crippen LogP contribution is -2.28. The van der Waals surface area contributed by atoms with Gasteiger partial charge in [0.25, 0.3) is 0 Å². The molecule has 0 atom stereocenters. The van der Waals surface area contributed by atoms with E-state index in [2.05, 4.69) is 12.2 Å². The molecule has 0 aliphatic carbocycles. The zero-order valence-corrected chi connectivity index (χ0v) is 14.2. The van der Waals surface area contributed by atoms with E-state index in [-0.39, 0.29) is 11.8 Å². The Morgan fingerprint density at radius 1 is 0.750 bits per heavy atom. The SMILES string of the molecule is CCCCCCCCCCCCCCNC(=O)C(C)C. The number of hydrogen-bond donors (Lipinski definition) is 1. The fourth-order valence-corrected chi connectivity index (χ4v) is 2.38. The van der Waals surface area contributed by atoms with E-state index in [1.807, 2.05) is 13.8 Å². The second-order valence-electron chi connectivity index (χ2n) is 6.33. The Kier molecular flexibility index (Phi) is 14.5. The molecule has 120 valence electrons. The molecule has 0 aliphatic heterocycles. The highest BCUT2D eigenvalue weighted by Gasteiger charge is 2.04. The highest BCUT2D eigenvalue weighted by molar-refractivity contribution is 5.77. The van der Waals surface area contributed by atoms with Crippen LogP contribution in [0.4, 0.5) is 0 Å². The van der Waals surface area contributed by atoms with Crippen molar-refractivity contribution in [3.63, 3.8) is 0 Å². The summed E-state index contributed by atoms with van der Waals surface area (Å²) in [6.45, 7) is 7.01. The minimum Gasteiger partial charge on any atom is -0.356 e. The van der Waals surface area contributed by atoms with Crippen LogP contribution < -0.4 is 5.32 Å². The number of carbonyl (C=O) groups excluding carboxylic acids is 1. The number of unbranched alkanes of at least 4 members (excludes halogenated alkanes) is 11. The van der Waals surface area contributed by atoms with Crippen molar-refractivity contribution in [2.24, 2.45) is 5.92 Å². The van der Waals surface area contributed by atoms with Gasteiger partial charge < -0.3 is 5.32 Å². The lowest BCUT2D eigenvalue weighted by molar-refractivity contribution is -0.123. The lowest BCUT2D eigenvalue weighted by atomic mass is 10.1. The summed E-state index contributed by atoms with van der Waals surface area (Å²) in [5.74, 6) is 0.306. The number of amides is 1. The fraction of sp³-hybridized carbons (Fsp3) is 0.944. The summed E-state index contributed by atoms with van der Waals surface area (Å²) in [7, 11) is 0. The van der Waals surface area contributed by atoms with E-state index in [9.17, 15) is 4.79 Å². The minimum absolute atomic E-state index is 0.118. The molecule has 0 saturated heterocycles. The molecule has 0 rings (SSSR count). The zero-order valence-electron chi connectivity index (χ0n) is 14.2. The van der Waals surface area contributed by atoms with Crippen LogP contribution >= 0.6 is 0 Å². The molecule has 0 bridgehead atoms. The molecule has 0 aromatic rings. The van der Waals surface area contributed by atoms with Gasteiger partial charge in [0.1, 0.15) is 0 Å². The first kappa shape index (κ1) is 19.5. The van der Waals surface area contributed by atoms with Crippen LogP contribution in [0.15, 0.2) is 0 Å². The number of nitrogens with one attached hydrogen (secondary N) is 1. The molecule has 0 heterocycles. The first-order valence-corrected chi connectivity index (χ1v) is 8.96. The highest BCUT2D eigenvalue weighted by Crippen LogP contribution is 2.11. The van der Waals surface area contributed by atoms with E-state index in [1.165, 1.54) is 70.6 Å². The van der Waals surface area contributed by atoms with Crippen LogP contribution in [0, 0.1) is 5.92 Å². The monoisotopic (exact) mass is 283 g/mol. The summed E-state index contributed by atoms with van der Waals surface area (Å²) in [5, 5.41) is 2.98. The quantitative estimate of drug-likeness (QED) is 0.421. The molecule has 0 spiro atoms. The minimum atomic E-state index is 0.118. The van der Waals surface area contributed by atoms with Crippen molar-refractivity contribution in [2.45, 2.75) is 97.8 Å². The van der Waals surface area contributed by atoms with Crippen molar-refractivity contribution in [3.05, 3.63) is 0 Å². The lowest BCUT2D eigenvalue weighted by Gasteiger charge is -2.07. The molecule has 2 nitrogen and oxygen atoms in total. The van der Waals surface area contributed by atoms with Crippen molar-refractivity contribution in [3.8, 4) is 0 Å². The van der Waals surface area contributed by atoms with Crippen molar-refractivity contribution in [1.82, 2.24) is 5.32 Å². The topological polar surface area (TPSA) is 29.1 Å². The fourth-order valence-electron chi connectivity index (χ4n) is 2.38. The molecular formula is C18H37NO. The van der Waals surface area contributed by atoms with E-state index in [1.54, 1.807) is 0 Å². The summed E-state index contributed by atoms with van der Waals surface area (Å²) in [4.78, 5) is 11.3. The van der Waals surface area contributed by atoms with Gasteiger partial charge in [-0.1, -0.05) is 91.4 Å². The maximum absolute atomic E-state index is 11.3. The van der Waals surface area contributed by atoms with Gasteiger partial charge in [0, 0.05) is 12.5 Å². The summed E-state index contributed by atoms with van der Waals surface area (Å²) in [6, 6.07) is 0. The van der Waals surface area contributed by atoms with Gasteiger partial charge in [0.05, 0.1) is 0 Å². The van der Waals surface area contributed by atoms with Crippen LogP contribution in [0.3, 0.4) is 0 Å². The summed E-state index contributed by atoms with van der Waals surface area (Å²) in [6.07, 6.45) is 16.4.